The van der Waals surface area contributed by atoms with Crippen molar-refractivity contribution in [2.24, 2.45) is 0 Å². The van der Waals surface area contributed by atoms with Crippen LogP contribution in [0.15, 0.2) is 53.6 Å². The van der Waals surface area contributed by atoms with Gasteiger partial charge in [0.05, 0.1) is 10.9 Å². The molecule has 106 valence electrons. The lowest BCUT2D eigenvalue weighted by molar-refractivity contribution is -0.116. The second-order valence-corrected chi connectivity index (χ2v) is 4.96. The third-order valence-corrected chi connectivity index (χ3v) is 3.36. The summed E-state index contributed by atoms with van der Waals surface area (Å²) in [5.74, 6) is -0.128. The van der Waals surface area contributed by atoms with E-state index in [9.17, 15) is 9.59 Å². The fraction of sp³-hybridized carbons (Fsp3) is 0.125. The highest BCUT2D eigenvalue weighted by atomic mass is 16.2. The van der Waals surface area contributed by atoms with E-state index in [4.69, 9.17) is 0 Å². The highest BCUT2D eigenvalue weighted by molar-refractivity contribution is 5.91. The van der Waals surface area contributed by atoms with Crippen molar-refractivity contribution in [2.75, 3.05) is 5.32 Å². The van der Waals surface area contributed by atoms with Gasteiger partial charge in [-0.1, -0.05) is 17.7 Å². The van der Waals surface area contributed by atoms with Crippen molar-refractivity contribution < 1.29 is 4.79 Å². The molecule has 2 aromatic heterocycles. The summed E-state index contributed by atoms with van der Waals surface area (Å²) in [6.45, 7) is 2.16. The van der Waals surface area contributed by atoms with Crippen LogP contribution in [0, 0.1) is 6.92 Å². The maximum Gasteiger partial charge on any atom is 0.257 e. The molecule has 2 heterocycles. The molecular formula is C16H15N3O2. The van der Waals surface area contributed by atoms with E-state index < -0.39 is 0 Å². The lowest BCUT2D eigenvalue weighted by Crippen LogP contribution is -2.18. The molecule has 0 aliphatic carbocycles. The molecule has 0 unspecified atom stereocenters. The van der Waals surface area contributed by atoms with Crippen LogP contribution in [-0.4, -0.2) is 15.5 Å². The van der Waals surface area contributed by atoms with E-state index in [-0.39, 0.29) is 18.0 Å². The summed E-state index contributed by atoms with van der Waals surface area (Å²) in [5, 5.41) is 3.42. The highest BCUT2D eigenvalue weighted by Gasteiger charge is 2.08. The zero-order valence-corrected chi connectivity index (χ0v) is 11.6. The van der Waals surface area contributed by atoms with Gasteiger partial charge < -0.3 is 14.9 Å². The minimum atomic E-state index is -0.148. The maximum atomic E-state index is 12.1. The highest BCUT2D eigenvalue weighted by Crippen LogP contribution is 2.12. The Morgan fingerprint density at radius 3 is 2.71 bits per heavy atom. The number of hydrogen-bond donors (Lipinski definition) is 2. The fourth-order valence-corrected chi connectivity index (χ4v) is 2.27. The quantitative estimate of drug-likeness (QED) is 0.773. The topological polar surface area (TPSA) is 66.9 Å². The van der Waals surface area contributed by atoms with Crippen molar-refractivity contribution >= 4 is 22.5 Å². The number of aromatic amines is 1. The summed E-state index contributed by atoms with van der Waals surface area (Å²) in [4.78, 5) is 26.3. The summed E-state index contributed by atoms with van der Waals surface area (Å²) in [6, 6.07) is 11.1. The number of amides is 1. The van der Waals surface area contributed by atoms with E-state index in [2.05, 4.69) is 10.3 Å². The number of fused-ring (bicyclic) bond motifs is 1. The molecule has 5 nitrogen and oxygen atoms in total. The Morgan fingerprint density at radius 2 is 1.95 bits per heavy atom. The zero-order valence-electron chi connectivity index (χ0n) is 11.6. The van der Waals surface area contributed by atoms with Crippen LogP contribution in [0.3, 0.4) is 0 Å². The first-order valence-corrected chi connectivity index (χ1v) is 6.66. The average Bonchev–Trinajstić information content (AvgIpc) is 2.86. The third-order valence-electron chi connectivity index (χ3n) is 3.36. The molecule has 0 radical (unpaired) electrons. The number of nitrogens with one attached hydrogen (secondary N) is 2. The molecule has 3 rings (SSSR count). The van der Waals surface area contributed by atoms with Crippen LogP contribution in [0.4, 0.5) is 5.69 Å². The molecule has 0 bridgehead atoms. The Labute approximate surface area is 121 Å². The fourth-order valence-electron chi connectivity index (χ4n) is 2.27. The maximum absolute atomic E-state index is 12.1. The third kappa shape index (κ3) is 2.72. The van der Waals surface area contributed by atoms with Gasteiger partial charge in [-0.05, 0) is 31.2 Å². The Hall–Kier alpha value is -2.82. The van der Waals surface area contributed by atoms with Crippen LogP contribution in [0.25, 0.3) is 10.9 Å². The predicted molar refractivity (Wildman–Crippen MR) is 82.4 cm³/mol. The first-order chi connectivity index (χ1) is 10.1. The van der Waals surface area contributed by atoms with Crippen molar-refractivity contribution in [3.8, 4) is 0 Å². The van der Waals surface area contributed by atoms with Gasteiger partial charge in [0.25, 0.3) is 5.56 Å². The Bertz CT molecular complexity index is 844. The predicted octanol–water partition coefficient (Wildman–Crippen LogP) is 2.28. The van der Waals surface area contributed by atoms with Crippen LogP contribution < -0.4 is 10.9 Å². The summed E-state index contributed by atoms with van der Waals surface area (Å²) in [7, 11) is 0. The standard InChI is InChI=1S/C16H15N3O2/c1-11-2-4-12(5-3-11)18-15(20)10-19-9-7-13-14(19)6-8-17-16(13)21/h2-9H,10H2,1H3,(H,17,21)(H,18,20). The summed E-state index contributed by atoms with van der Waals surface area (Å²) < 4.78 is 1.76. The Kier molecular flexibility index (Phi) is 3.31. The van der Waals surface area contributed by atoms with Gasteiger partial charge in [-0.3, -0.25) is 9.59 Å². The van der Waals surface area contributed by atoms with Gasteiger partial charge >= 0.3 is 0 Å². The monoisotopic (exact) mass is 281 g/mol. The van der Waals surface area contributed by atoms with Gasteiger partial charge in [0.2, 0.25) is 5.91 Å². The van der Waals surface area contributed by atoms with Gasteiger partial charge in [0, 0.05) is 18.1 Å². The van der Waals surface area contributed by atoms with Crippen LogP contribution in [0.5, 0.6) is 0 Å². The van der Waals surface area contributed by atoms with Crippen molar-refractivity contribution in [1.82, 2.24) is 9.55 Å². The largest absolute Gasteiger partial charge is 0.338 e. The number of anilines is 1. The van der Waals surface area contributed by atoms with E-state index in [0.717, 1.165) is 16.8 Å². The number of rotatable bonds is 3. The van der Waals surface area contributed by atoms with E-state index >= 15 is 0 Å². The van der Waals surface area contributed by atoms with Crippen molar-refractivity contribution in [2.45, 2.75) is 13.5 Å². The number of benzene rings is 1. The molecule has 0 spiro atoms. The Balaban J connectivity index is 1.79. The lowest BCUT2D eigenvalue weighted by atomic mass is 10.2. The SMILES string of the molecule is Cc1ccc(NC(=O)Cn2ccc3c(=O)[nH]ccc32)cc1. The number of H-pyrrole nitrogens is 1. The number of aromatic nitrogens is 2. The summed E-state index contributed by atoms with van der Waals surface area (Å²) in [5.41, 5.74) is 2.51. The van der Waals surface area contributed by atoms with Crippen molar-refractivity contribution in [3.63, 3.8) is 0 Å². The summed E-state index contributed by atoms with van der Waals surface area (Å²) >= 11 is 0. The zero-order chi connectivity index (χ0) is 14.8. The van der Waals surface area contributed by atoms with Gasteiger partial charge in [-0.15, -0.1) is 0 Å². The molecule has 0 atom stereocenters. The minimum Gasteiger partial charge on any atom is -0.338 e. The molecule has 1 amide bonds. The number of pyridine rings is 1. The molecule has 0 aliphatic heterocycles. The minimum absolute atomic E-state index is 0.128. The average molecular weight is 281 g/mol. The summed E-state index contributed by atoms with van der Waals surface area (Å²) in [6.07, 6.45) is 3.33. The van der Waals surface area contributed by atoms with Gasteiger partial charge in [-0.25, -0.2) is 0 Å². The molecule has 0 aliphatic rings. The molecule has 0 saturated heterocycles. The van der Waals surface area contributed by atoms with E-state index in [1.165, 1.54) is 0 Å². The van der Waals surface area contributed by atoms with Gasteiger partial charge in [0.1, 0.15) is 6.54 Å². The number of hydrogen-bond acceptors (Lipinski definition) is 2. The van der Waals surface area contributed by atoms with Crippen molar-refractivity contribution in [3.05, 3.63) is 64.7 Å². The van der Waals surface area contributed by atoms with Crippen LogP contribution in [0.2, 0.25) is 0 Å². The van der Waals surface area contributed by atoms with Crippen LogP contribution in [0.1, 0.15) is 5.56 Å². The van der Waals surface area contributed by atoms with Crippen molar-refractivity contribution in [1.29, 1.82) is 0 Å². The Morgan fingerprint density at radius 1 is 1.19 bits per heavy atom. The van der Waals surface area contributed by atoms with Crippen LogP contribution >= 0.6 is 0 Å². The molecule has 0 fully saturated rings. The first kappa shape index (κ1) is 13.2. The first-order valence-electron chi connectivity index (χ1n) is 6.66. The molecule has 3 aromatic rings. The van der Waals surface area contributed by atoms with E-state index in [0.29, 0.717) is 5.39 Å². The van der Waals surface area contributed by atoms with Gasteiger partial charge in [0.15, 0.2) is 0 Å². The number of nitrogens with zero attached hydrogens (tertiary/aromatic N) is 1. The van der Waals surface area contributed by atoms with Gasteiger partial charge in [-0.2, -0.15) is 0 Å². The second-order valence-electron chi connectivity index (χ2n) is 4.96. The normalized spacial score (nSPS) is 10.7. The molecule has 21 heavy (non-hydrogen) atoms. The number of carbonyl (C=O) groups excluding carboxylic acids is 1. The molecule has 1 aromatic carbocycles. The smallest absolute Gasteiger partial charge is 0.257 e. The van der Waals surface area contributed by atoms with E-state index in [1.54, 1.807) is 29.1 Å². The number of aryl methyl sites for hydroxylation is 1. The van der Waals surface area contributed by atoms with Crippen LogP contribution in [-0.2, 0) is 11.3 Å². The molecule has 2 N–H and O–H groups in total. The molecule has 5 heteroatoms. The number of carbonyl (C=O) groups is 1. The molecule has 0 saturated carbocycles. The van der Waals surface area contributed by atoms with E-state index in [1.807, 2.05) is 31.2 Å². The second kappa shape index (κ2) is 5.28. The molecular weight excluding hydrogens is 266 g/mol. The lowest BCUT2D eigenvalue weighted by Gasteiger charge is -2.07.